The molecule has 0 bridgehead atoms. The van der Waals surface area contributed by atoms with Gasteiger partial charge in [-0.3, -0.25) is 4.79 Å². The van der Waals surface area contributed by atoms with Crippen LogP contribution in [0.25, 0.3) is 0 Å². The maximum absolute atomic E-state index is 13.7. The van der Waals surface area contributed by atoms with Gasteiger partial charge in [0.1, 0.15) is 5.82 Å². The second kappa shape index (κ2) is 7.76. The number of nitrogens with one attached hydrogen (secondary N) is 1. The molecule has 0 saturated heterocycles. The Morgan fingerprint density at radius 2 is 2.08 bits per heavy atom. The van der Waals surface area contributed by atoms with Crippen molar-refractivity contribution in [2.45, 2.75) is 26.7 Å². The van der Waals surface area contributed by atoms with E-state index < -0.39 is 17.6 Å². The lowest BCUT2D eigenvalue weighted by Crippen LogP contribution is -2.19. The summed E-state index contributed by atoms with van der Waals surface area (Å²) in [7, 11) is 0. The van der Waals surface area contributed by atoms with Crippen molar-refractivity contribution >= 4 is 23.2 Å². The Balaban J connectivity index is 2.46. The normalized spacial score (nSPS) is 11.9. The maximum atomic E-state index is 13.7. The number of rotatable bonds is 5. The van der Waals surface area contributed by atoms with E-state index in [2.05, 4.69) is 16.9 Å². The molecule has 2 aromatic rings. The summed E-state index contributed by atoms with van der Waals surface area (Å²) in [6, 6.07) is 5.67. The van der Waals surface area contributed by atoms with Gasteiger partial charge < -0.3 is 10.4 Å². The van der Waals surface area contributed by atoms with Gasteiger partial charge in [-0.15, -0.1) is 0 Å². The Kier molecular flexibility index (Phi) is 5.93. The van der Waals surface area contributed by atoms with E-state index in [1.807, 2.05) is 0 Å². The van der Waals surface area contributed by atoms with E-state index in [1.165, 1.54) is 12.1 Å². The lowest BCUT2D eigenvalue weighted by Gasteiger charge is -2.19. The molecule has 6 heteroatoms. The monoisotopic (exact) mass is 362 g/mol. The van der Waals surface area contributed by atoms with Crippen LogP contribution in [0.3, 0.4) is 0 Å². The summed E-state index contributed by atoms with van der Waals surface area (Å²) in [4.78, 5) is 16.9. The van der Waals surface area contributed by atoms with Gasteiger partial charge in [-0.05, 0) is 50.1 Å². The highest BCUT2D eigenvalue weighted by molar-refractivity contribution is 6.33. The van der Waals surface area contributed by atoms with Crippen LogP contribution in [0, 0.1) is 19.7 Å². The van der Waals surface area contributed by atoms with E-state index in [0.29, 0.717) is 16.8 Å². The predicted octanol–water partition coefficient (Wildman–Crippen LogP) is 4.40. The van der Waals surface area contributed by atoms with Crippen molar-refractivity contribution in [1.29, 1.82) is 0 Å². The van der Waals surface area contributed by atoms with Gasteiger partial charge in [0, 0.05) is 17.2 Å². The molecule has 2 rings (SSSR count). The molecule has 25 heavy (non-hydrogen) atoms. The van der Waals surface area contributed by atoms with Crippen molar-refractivity contribution < 1.29 is 14.3 Å². The lowest BCUT2D eigenvalue weighted by atomic mass is 9.89. The third-order valence-electron chi connectivity index (χ3n) is 3.95. The minimum Gasteiger partial charge on any atom is -0.395 e. The van der Waals surface area contributed by atoms with Gasteiger partial charge in [-0.1, -0.05) is 29.8 Å². The van der Waals surface area contributed by atoms with Crippen LogP contribution in [0.5, 0.6) is 0 Å². The molecular weight excluding hydrogens is 343 g/mol. The Morgan fingerprint density at radius 3 is 2.64 bits per heavy atom. The third-order valence-corrected chi connectivity index (χ3v) is 4.23. The second-order valence-corrected chi connectivity index (χ2v) is 6.37. The number of nitrogens with zero attached hydrogens (tertiary/aromatic N) is 1. The van der Waals surface area contributed by atoms with Crippen molar-refractivity contribution in [2.24, 2.45) is 0 Å². The van der Waals surface area contributed by atoms with Crippen LogP contribution < -0.4 is 5.32 Å². The van der Waals surface area contributed by atoms with E-state index in [4.69, 9.17) is 11.6 Å². The van der Waals surface area contributed by atoms with E-state index >= 15 is 0 Å². The van der Waals surface area contributed by atoms with Crippen LogP contribution in [0.15, 0.2) is 36.4 Å². The number of hydrogen-bond donors (Lipinski definition) is 2. The number of carbonyl (C=O) groups excluding carboxylic acids is 1. The highest BCUT2D eigenvalue weighted by atomic mass is 35.5. The molecule has 2 N–H and O–H groups in total. The summed E-state index contributed by atoms with van der Waals surface area (Å²) in [5.41, 5.74) is 3.16. The summed E-state index contributed by atoms with van der Waals surface area (Å²) < 4.78 is 13.7. The molecule has 0 aliphatic heterocycles. The number of aliphatic hydroxyl groups excluding tert-OH is 1. The molecular formula is C19H20ClFN2O2. The molecule has 1 amide bonds. The summed E-state index contributed by atoms with van der Waals surface area (Å²) >= 11 is 6.12. The van der Waals surface area contributed by atoms with Crippen LogP contribution in [0.4, 0.5) is 10.1 Å². The van der Waals surface area contributed by atoms with Gasteiger partial charge in [-0.2, -0.15) is 0 Å². The fraction of sp³-hybridized carbons (Fsp3) is 0.263. The largest absolute Gasteiger partial charge is 0.395 e. The van der Waals surface area contributed by atoms with Crippen molar-refractivity contribution in [3.8, 4) is 0 Å². The molecule has 1 aromatic heterocycles. The van der Waals surface area contributed by atoms with E-state index in [1.54, 1.807) is 26.8 Å². The van der Waals surface area contributed by atoms with Gasteiger partial charge in [0.2, 0.25) is 0 Å². The van der Waals surface area contributed by atoms with Gasteiger partial charge >= 0.3 is 0 Å². The minimum absolute atomic E-state index is 0.123. The average molecular weight is 363 g/mol. The molecule has 1 unspecified atom stereocenters. The number of pyridine rings is 1. The van der Waals surface area contributed by atoms with Crippen molar-refractivity contribution in [3.05, 3.63) is 69.8 Å². The first kappa shape index (κ1) is 19.1. The number of aliphatic hydroxyl groups is 1. The lowest BCUT2D eigenvalue weighted by molar-refractivity contribution is 0.102. The zero-order valence-electron chi connectivity index (χ0n) is 14.4. The fourth-order valence-corrected chi connectivity index (χ4v) is 3.00. The Labute approximate surface area is 151 Å². The number of aryl methyl sites for hydroxylation is 2. The van der Waals surface area contributed by atoms with Gasteiger partial charge in [0.15, 0.2) is 5.15 Å². The zero-order chi connectivity index (χ0) is 18.7. The molecule has 0 aliphatic carbocycles. The number of benzene rings is 1. The smallest absolute Gasteiger partial charge is 0.256 e. The predicted molar refractivity (Wildman–Crippen MR) is 97.7 cm³/mol. The molecule has 0 spiro atoms. The standard InChI is InChI=1S/C19H20ClFN2O2/c1-10(2)16(9-24)14-6-5-13(21)8-15(14)19(25)23-17-11(3)7-12(4)22-18(17)20/h5-8,16,24H,1,9H2,2-4H3,(H,23,25). The number of halogens is 2. The Hall–Kier alpha value is -2.24. The molecule has 4 nitrogen and oxygen atoms in total. The Morgan fingerprint density at radius 1 is 1.40 bits per heavy atom. The molecule has 1 aromatic carbocycles. The quantitative estimate of drug-likeness (QED) is 0.612. The van der Waals surface area contributed by atoms with Crippen LogP contribution >= 0.6 is 11.6 Å². The molecule has 0 fully saturated rings. The van der Waals surface area contributed by atoms with Crippen LogP contribution in [-0.4, -0.2) is 22.6 Å². The first-order chi connectivity index (χ1) is 11.7. The summed E-state index contributed by atoms with van der Waals surface area (Å²) in [6.07, 6.45) is 0. The first-order valence-corrected chi connectivity index (χ1v) is 8.13. The molecule has 1 heterocycles. The number of aromatic nitrogens is 1. The number of anilines is 1. The SMILES string of the molecule is C=C(C)C(CO)c1ccc(F)cc1C(=O)Nc1c(C)cc(C)nc1Cl. The van der Waals surface area contributed by atoms with Gasteiger partial charge in [0.25, 0.3) is 5.91 Å². The molecule has 0 saturated carbocycles. The second-order valence-electron chi connectivity index (χ2n) is 6.01. The van der Waals surface area contributed by atoms with Gasteiger partial charge in [-0.25, -0.2) is 9.37 Å². The summed E-state index contributed by atoms with van der Waals surface area (Å²) in [5, 5.41) is 12.5. The number of amides is 1. The number of hydrogen-bond acceptors (Lipinski definition) is 3. The maximum Gasteiger partial charge on any atom is 0.256 e. The average Bonchev–Trinajstić information content (AvgIpc) is 2.52. The van der Waals surface area contributed by atoms with E-state index in [-0.39, 0.29) is 17.3 Å². The van der Waals surface area contributed by atoms with Crippen molar-refractivity contribution in [1.82, 2.24) is 4.98 Å². The van der Waals surface area contributed by atoms with Gasteiger partial charge in [0.05, 0.1) is 12.3 Å². The molecule has 0 aliphatic rings. The van der Waals surface area contributed by atoms with Crippen LogP contribution in [-0.2, 0) is 0 Å². The fourth-order valence-electron chi connectivity index (χ4n) is 2.67. The summed E-state index contributed by atoms with van der Waals surface area (Å²) in [6.45, 7) is 8.95. The third kappa shape index (κ3) is 4.24. The number of carbonyl (C=O) groups is 1. The Bertz CT molecular complexity index is 813. The van der Waals surface area contributed by atoms with E-state index in [0.717, 1.165) is 17.3 Å². The molecule has 132 valence electrons. The highest BCUT2D eigenvalue weighted by Gasteiger charge is 2.21. The van der Waals surface area contributed by atoms with Crippen molar-refractivity contribution in [2.75, 3.05) is 11.9 Å². The summed E-state index contributed by atoms with van der Waals surface area (Å²) in [5.74, 6) is -1.53. The highest BCUT2D eigenvalue weighted by Crippen LogP contribution is 2.29. The minimum atomic E-state index is -0.544. The van der Waals surface area contributed by atoms with Crippen molar-refractivity contribution in [3.63, 3.8) is 0 Å². The van der Waals surface area contributed by atoms with Crippen LogP contribution in [0.2, 0.25) is 5.15 Å². The molecule has 1 atom stereocenters. The van der Waals surface area contributed by atoms with Crippen LogP contribution in [0.1, 0.15) is 40.0 Å². The molecule has 0 radical (unpaired) electrons. The topological polar surface area (TPSA) is 62.2 Å². The zero-order valence-corrected chi connectivity index (χ0v) is 15.1. The van der Waals surface area contributed by atoms with E-state index in [9.17, 15) is 14.3 Å². The first-order valence-electron chi connectivity index (χ1n) is 7.75.